The molecule has 0 saturated heterocycles. The van der Waals surface area contributed by atoms with Crippen LogP contribution in [0.15, 0.2) is 30.5 Å². The fourth-order valence-electron chi connectivity index (χ4n) is 3.47. The molecule has 0 atom stereocenters. The van der Waals surface area contributed by atoms with E-state index >= 15 is 0 Å². The number of nitrogens with one attached hydrogen (secondary N) is 2. The Morgan fingerprint density at radius 3 is 2.38 bits per heavy atom. The monoisotopic (exact) mass is 576 g/mol. The van der Waals surface area contributed by atoms with Crippen molar-refractivity contribution in [3.63, 3.8) is 0 Å². The van der Waals surface area contributed by atoms with Gasteiger partial charge in [-0.15, -0.1) is 0 Å². The van der Waals surface area contributed by atoms with Gasteiger partial charge in [0.1, 0.15) is 23.9 Å². The summed E-state index contributed by atoms with van der Waals surface area (Å²) in [5.74, 6) is -4.81. The number of ether oxygens (including phenoxy) is 2. The lowest BCUT2D eigenvalue weighted by Gasteiger charge is -2.25. The van der Waals surface area contributed by atoms with Gasteiger partial charge in [-0.1, -0.05) is 17.7 Å². The van der Waals surface area contributed by atoms with Crippen LogP contribution in [0.25, 0.3) is 5.65 Å². The highest BCUT2D eigenvalue weighted by molar-refractivity contribution is 6.30. The van der Waals surface area contributed by atoms with Crippen LogP contribution in [0.2, 0.25) is 5.02 Å². The molecule has 0 fully saturated rings. The van der Waals surface area contributed by atoms with Crippen LogP contribution < -0.4 is 15.4 Å². The van der Waals surface area contributed by atoms with E-state index in [2.05, 4.69) is 20.4 Å². The third kappa shape index (κ3) is 7.34. The van der Waals surface area contributed by atoms with Crippen molar-refractivity contribution in [2.75, 3.05) is 6.54 Å². The number of carbonyl (C=O) groups is 3. The molecule has 9 nitrogen and oxygen atoms in total. The summed E-state index contributed by atoms with van der Waals surface area (Å²) in [5.41, 5.74) is -0.992. The molecule has 0 unspecified atom stereocenters. The van der Waals surface area contributed by atoms with Gasteiger partial charge in [-0.05, 0) is 39.3 Å². The van der Waals surface area contributed by atoms with Crippen LogP contribution in [0.5, 0.6) is 5.75 Å². The molecule has 2 heterocycles. The van der Waals surface area contributed by atoms with E-state index in [9.17, 15) is 36.3 Å². The smallest absolute Gasteiger partial charge is 0.485 e. The molecule has 0 spiro atoms. The number of halogens is 6. The van der Waals surface area contributed by atoms with E-state index in [-0.39, 0.29) is 46.3 Å². The minimum absolute atomic E-state index is 0.0349. The number of fused-ring (bicyclic) bond motifs is 1. The zero-order valence-corrected chi connectivity index (χ0v) is 21.5. The molecule has 15 heteroatoms. The van der Waals surface area contributed by atoms with Crippen molar-refractivity contribution in [1.82, 2.24) is 20.0 Å². The first kappa shape index (κ1) is 29.6. The Hall–Kier alpha value is -3.94. The SMILES string of the molecule is Cc1nc2c(OCc3c(F)cccc3F)cc(Cl)cn2c1C(=O)NCCC(C)(C)NC(=O)OC(=O)C(F)(F)F. The second kappa shape index (κ2) is 11.4. The predicted molar refractivity (Wildman–Crippen MR) is 127 cm³/mol. The van der Waals surface area contributed by atoms with Crippen LogP contribution >= 0.6 is 11.6 Å². The number of esters is 1. The first-order chi connectivity index (χ1) is 18.1. The number of imidazole rings is 1. The molecule has 2 N–H and O–H groups in total. The predicted octanol–water partition coefficient (Wildman–Crippen LogP) is 4.87. The van der Waals surface area contributed by atoms with Gasteiger partial charge in [0.15, 0.2) is 11.4 Å². The Morgan fingerprint density at radius 1 is 1.13 bits per heavy atom. The number of hydrogen-bond donors (Lipinski definition) is 2. The lowest BCUT2D eigenvalue weighted by atomic mass is 10.0. The minimum Gasteiger partial charge on any atom is -0.485 e. The summed E-state index contributed by atoms with van der Waals surface area (Å²) in [4.78, 5) is 39.7. The zero-order valence-electron chi connectivity index (χ0n) is 20.7. The average Bonchev–Trinajstić information content (AvgIpc) is 3.13. The Kier molecular flexibility index (Phi) is 8.68. The molecule has 0 bridgehead atoms. The van der Waals surface area contributed by atoms with Gasteiger partial charge in [0.25, 0.3) is 5.91 Å². The van der Waals surface area contributed by atoms with Crippen molar-refractivity contribution < 1.29 is 45.8 Å². The number of alkyl halides is 3. The van der Waals surface area contributed by atoms with Gasteiger partial charge in [-0.2, -0.15) is 13.2 Å². The van der Waals surface area contributed by atoms with Crippen LogP contribution in [-0.2, 0) is 16.1 Å². The maximum Gasteiger partial charge on any atom is 0.491 e. The standard InChI is InChI=1S/C24H22ClF5N4O5/c1-12-18(20(35)31-8-7-23(2,3)33-22(37)39-21(36)24(28,29)30)34-10-13(25)9-17(19(34)32-12)38-11-14-15(26)5-4-6-16(14)27/h4-6,9-10H,7-8,11H2,1-3H3,(H,31,35)(H,33,37). The number of nitrogens with zero attached hydrogens (tertiary/aromatic N) is 2. The summed E-state index contributed by atoms with van der Waals surface area (Å²) < 4.78 is 75.4. The maximum absolute atomic E-state index is 14.0. The fraction of sp³-hybridized carbons (Fsp3) is 0.333. The third-order valence-electron chi connectivity index (χ3n) is 5.37. The fourth-order valence-corrected chi connectivity index (χ4v) is 3.67. The summed E-state index contributed by atoms with van der Waals surface area (Å²) in [6.45, 7) is 3.90. The number of aromatic nitrogens is 2. The average molecular weight is 577 g/mol. The van der Waals surface area contributed by atoms with Gasteiger partial charge < -0.3 is 20.1 Å². The Bertz CT molecular complexity index is 1400. The normalized spacial score (nSPS) is 11.8. The summed E-state index contributed by atoms with van der Waals surface area (Å²) in [5, 5.41) is 4.86. The van der Waals surface area contributed by atoms with E-state index in [4.69, 9.17) is 16.3 Å². The number of hydrogen-bond acceptors (Lipinski definition) is 6. The van der Waals surface area contributed by atoms with Gasteiger partial charge >= 0.3 is 18.2 Å². The van der Waals surface area contributed by atoms with Crippen molar-refractivity contribution >= 4 is 35.2 Å². The second-order valence-corrected chi connectivity index (χ2v) is 9.38. The highest BCUT2D eigenvalue weighted by atomic mass is 35.5. The molecule has 210 valence electrons. The van der Waals surface area contributed by atoms with E-state index in [0.717, 1.165) is 12.1 Å². The quantitative estimate of drug-likeness (QED) is 0.225. The highest BCUT2D eigenvalue weighted by Crippen LogP contribution is 2.28. The molecule has 0 aliphatic carbocycles. The van der Waals surface area contributed by atoms with Crippen molar-refractivity contribution in [2.24, 2.45) is 0 Å². The van der Waals surface area contributed by atoms with Gasteiger partial charge in [0.05, 0.1) is 16.3 Å². The topological polar surface area (TPSA) is 111 Å². The molecule has 0 aliphatic heterocycles. The van der Waals surface area contributed by atoms with Gasteiger partial charge in [-0.25, -0.2) is 23.4 Å². The summed E-state index contributed by atoms with van der Waals surface area (Å²) in [6.07, 6.45) is -5.50. The molecule has 0 aliphatic rings. The molecule has 39 heavy (non-hydrogen) atoms. The molecule has 0 saturated carbocycles. The number of benzene rings is 1. The summed E-state index contributed by atoms with van der Waals surface area (Å²) in [7, 11) is 0. The van der Waals surface area contributed by atoms with Crippen LogP contribution in [0, 0.1) is 18.6 Å². The number of carbonyl (C=O) groups excluding carboxylic acids is 3. The molecular formula is C24H22ClF5N4O5. The first-order valence-electron chi connectivity index (χ1n) is 11.2. The molecular weight excluding hydrogens is 555 g/mol. The lowest BCUT2D eigenvalue weighted by molar-refractivity contribution is -0.193. The molecule has 1 aromatic carbocycles. The van der Waals surface area contributed by atoms with Gasteiger partial charge in [0.2, 0.25) is 0 Å². The van der Waals surface area contributed by atoms with Crippen LogP contribution in [-0.4, -0.2) is 45.6 Å². The van der Waals surface area contributed by atoms with Crippen molar-refractivity contribution in [3.05, 3.63) is 64.1 Å². The van der Waals surface area contributed by atoms with Crippen LogP contribution in [0.1, 0.15) is 42.0 Å². The molecule has 2 amide bonds. The lowest BCUT2D eigenvalue weighted by Crippen LogP contribution is -2.47. The highest BCUT2D eigenvalue weighted by Gasteiger charge is 2.43. The minimum atomic E-state index is -5.33. The van der Waals surface area contributed by atoms with Crippen LogP contribution in [0.4, 0.5) is 26.7 Å². The van der Waals surface area contributed by atoms with Crippen molar-refractivity contribution in [1.29, 1.82) is 0 Å². The number of rotatable bonds is 8. The second-order valence-electron chi connectivity index (χ2n) is 8.94. The molecule has 3 aromatic rings. The number of amides is 2. The molecule has 2 aromatic heterocycles. The van der Waals surface area contributed by atoms with E-state index in [1.54, 1.807) is 0 Å². The zero-order chi connectivity index (χ0) is 29.1. The number of aryl methyl sites for hydroxylation is 1. The van der Waals surface area contributed by atoms with Crippen LogP contribution in [0.3, 0.4) is 0 Å². The van der Waals surface area contributed by atoms with Gasteiger partial charge in [0, 0.05) is 24.3 Å². The summed E-state index contributed by atoms with van der Waals surface area (Å²) in [6, 6.07) is 4.76. The largest absolute Gasteiger partial charge is 0.491 e. The maximum atomic E-state index is 14.0. The molecule has 0 radical (unpaired) electrons. The van der Waals surface area contributed by atoms with E-state index < -0.39 is 47.9 Å². The Balaban J connectivity index is 1.69. The van der Waals surface area contributed by atoms with Crippen molar-refractivity contribution in [2.45, 2.75) is 45.5 Å². The van der Waals surface area contributed by atoms with Gasteiger partial charge in [-0.3, -0.25) is 9.20 Å². The van der Waals surface area contributed by atoms with E-state index in [1.165, 1.54) is 43.5 Å². The first-order valence-corrected chi connectivity index (χ1v) is 11.6. The summed E-state index contributed by atoms with van der Waals surface area (Å²) >= 11 is 6.18. The molecule has 3 rings (SSSR count). The number of alkyl carbamates (subject to hydrolysis) is 1. The van der Waals surface area contributed by atoms with E-state index in [1.807, 2.05) is 0 Å². The van der Waals surface area contributed by atoms with Crippen molar-refractivity contribution in [3.8, 4) is 5.75 Å². The third-order valence-corrected chi connectivity index (χ3v) is 5.58. The Morgan fingerprint density at radius 2 is 1.77 bits per heavy atom. The Labute approximate surface area is 223 Å². The number of pyridine rings is 1. The van der Waals surface area contributed by atoms with E-state index in [0.29, 0.717) is 0 Å².